The molecule has 1 saturated heterocycles. The number of carbonyl (C=O) groups is 1. The fourth-order valence-electron chi connectivity index (χ4n) is 2.34. The SMILES string of the molecule is CC1(CCCN)COC(=O)N1Cc1ccccc1F. The van der Waals surface area contributed by atoms with Crippen LogP contribution in [0.25, 0.3) is 0 Å². The molecule has 1 aromatic carbocycles. The van der Waals surface area contributed by atoms with Gasteiger partial charge in [-0.05, 0) is 32.4 Å². The van der Waals surface area contributed by atoms with Crippen molar-refractivity contribution in [1.29, 1.82) is 0 Å². The van der Waals surface area contributed by atoms with Crippen LogP contribution in [-0.2, 0) is 11.3 Å². The summed E-state index contributed by atoms with van der Waals surface area (Å²) in [5, 5.41) is 0. The Morgan fingerprint density at radius 3 is 2.89 bits per heavy atom. The Hall–Kier alpha value is -1.62. The average molecular weight is 266 g/mol. The van der Waals surface area contributed by atoms with E-state index in [2.05, 4.69) is 0 Å². The molecule has 19 heavy (non-hydrogen) atoms. The maximum Gasteiger partial charge on any atom is 0.410 e. The summed E-state index contributed by atoms with van der Waals surface area (Å²) in [4.78, 5) is 13.4. The summed E-state index contributed by atoms with van der Waals surface area (Å²) >= 11 is 0. The minimum atomic E-state index is -0.404. The molecule has 1 aromatic rings. The van der Waals surface area contributed by atoms with Crippen LogP contribution in [0.2, 0.25) is 0 Å². The molecule has 0 bridgehead atoms. The van der Waals surface area contributed by atoms with Crippen LogP contribution < -0.4 is 5.73 Å². The van der Waals surface area contributed by atoms with Crippen LogP contribution in [0.3, 0.4) is 0 Å². The Morgan fingerprint density at radius 2 is 2.21 bits per heavy atom. The van der Waals surface area contributed by atoms with Crippen molar-refractivity contribution in [3.05, 3.63) is 35.6 Å². The van der Waals surface area contributed by atoms with E-state index in [-0.39, 0.29) is 18.5 Å². The number of amides is 1. The molecule has 1 aliphatic heterocycles. The van der Waals surface area contributed by atoms with E-state index in [0.29, 0.717) is 18.7 Å². The number of ether oxygens (including phenoxy) is 1. The maximum absolute atomic E-state index is 13.7. The maximum atomic E-state index is 13.7. The lowest BCUT2D eigenvalue weighted by atomic mass is 9.95. The van der Waals surface area contributed by atoms with Crippen LogP contribution in [0.1, 0.15) is 25.3 Å². The first kappa shape index (κ1) is 13.8. The Labute approximate surface area is 112 Å². The number of cyclic esters (lactones) is 1. The molecule has 104 valence electrons. The highest BCUT2D eigenvalue weighted by molar-refractivity contribution is 5.71. The molecule has 1 amide bonds. The van der Waals surface area contributed by atoms with Gasteiger partial charge in [0.15, 0.2) is 0 Å². The van der Waals surface area contributed by atoms with Gasteiger partial charge in [0.05, 0.1) is 12.1 Å². The van der Waals surface area contributed by atoms with Gasteiger partial charge in [-0.15, -0.1) is 0 Å². The van der Waals surface area contributed by atoms with Crippen molar-refractivity contribution >= 4 is 6.09 Å². The van der Waals surface area contributed by atoms with E-state index < -0.39 is 5.54 Å². The van der Waals surface area contributed by atoms with Crippen molar-refractivity contribution in [2.45, 2.75) is 31.8 Å². The molecule has 0 aromatic heterocycles. The van der Waals surface area contributed by atoms with E-state index in [0.717, 1.165) is 12.8 Å². The summed E-state index contributed by atoms with van der Waals surface area (Å²) < 4.78 is 18.8. The summed E-state index contributed by atoms with van der Waals surface area (Å²) in [5.74, 6) is -0.302. The third-order valence-electron chi connectivity index (χ3n) is 3.58. The van der Waals surface area contributed by atoms with Crippen molar-refractivity contribution in [3.8, 4) is 0 Å². The molecule has 0 radical (unpaired) electrons. The van der Waals surface area contributed by atoms with Gasteiger partial charge >= 0.3 is 6.09 Å². The number of rotatable bonds is 5. The van der Waals surface area contributed by atoms with Gasteiger partial charge in [-0.3, -0.25) is 4.90 Å². The summed E-state index contributed by atoms with van der Waals surface area (Å²) in [6.07, 6.45) is 1.17. The molecular formula is C14H19FN2O2. The van der Waals surface area contributed by atoms with Crippen molar-refractivity contribution in [2.24, 2.45) is 5.73 Å². The zero-order valence-electron chi connectivity index (χ0n) is 11.1. The molecule has 0 aliphatic carbocycles. The molecule has 0 saturated carbocycles. The van der Waals surface area contributed by atoms with Crippen molar-refractivity contribution in [2.75, 3.05) is 13.2 Å². The molecule has 5 heteroatoms. The third-order valence-corrected chi connectivity index (χ3v) is 3.58. The fourth-order valence-corrected chi connectivity index (χ4v) is 2.34. The van der Waals surface area contributed by atoms with Crippen LogP contribution in [0.5, 0.6) is 0 Å². The molecule has 1 unspecified atom stereocenters. The first-order valence-corrected chi connectivity index (χ1v) is 6.45. The van der Waals surface area contributed by atoms with Gasteiger partial charge in [-0.1, -0.05) is 18.2 Å². The predicted molar refractivity (Wildman–Crippen MR) is 70.0 cm³/mol. The first-order chi connectivity index (χ1) is 9.07. The van der Waals surface area contributed by atoms with Crippen LogP contribution in [0.4, 0.5) is 9.18 Å². The minimum Gasteiger partial charge on any atom is -0.447 e. The van der Waals surface area contributed by atoms with Crippen LogP contribution in [-0.4, -0.2) is 29.7 Å². The summed E-state index contributed by atoms with van der Waals surface area (Å²) in [5.41, 5.74) is 5.61. The Morgan fingerprint density at radius 1 is 1.47 bits per heavy atom. The third kappa shape index (κ3) is 2.87. The molecule has 1 aliphatic rings. The largest absolute Gasteiger partial charge is 0.447 e. The number of carbonyl (C=O) groups excluding carboxylic acids is 1. The van der Waals surface area contributed by atoms with Crippen LogP contribution in [0.15, 0.2) is 24.3 Å². The van der Waals surface area contributed by atoms with Crippen LogP contribution in [0, 0.1) is 5.82 Å². The van der Waals surface area contributed by atoms with E-state index in [4.69, 9.17) is 10.5 Å². The molecule has 2 N–H and O–H groups in total. The standard InChI is InChI=1S/C14H19FN2O2/c1-14(7-4-8-16)10-19-13(18)17(14)9-11-5-2-3-6-12(11)15/h2-3,5-6H,4,7-10,16H2,1H3. The second-order valence-corrected chi connectivity index (χ2v) is 5.12. The predicted octanol–water partition coefficient (Wildman–Crippen LogP) is 2.28. The number of halogens is 1. The summed E-state index contributed by atoms with van der Waals surface area (Å²) in [6.45, 7) is 3.08. The number of hydrogen-bond acceptors (Lipinski definition) is 3. The highest BCUT2D eigenvalue weighted by Crippen LogP contribution is 2.30. The van der Waals surface area contributed by atoms with Gasteiger partial charge in [0.2, 0.25) is 0 Å². The van der Waals surface area contributed by atoms with Crippen molar-refractivity contribution < 1.29 is 13.9 Å². The molecule has 0 spiro atoms. The second-order valence-electron chi connectivity index (χ2n) is 5.12. The highest BCUT2D eigenvalue weighted by Gasteiger charge is 2.43. The lowest BCUT2D eigenvalue weighted by molar-refractivity contribution is 0.146. The van der Waals surface area contributed by atoms with Crippen molar-refractivity contribution in [3.63, 3.8) is 0 Å². The number of nitrogens with zero attached hydrogens (tertiary/aromatic N) is 1. The Balaban J connectivity index is 2.16. The summed E-state index contributed by atoms with van der Waals surface area (Å²) in [6, 6.07) is 6.48. The number of benzene rings is 1. The molecule has 4 nitrogen and oxygen atoms in total. The zero-order chi connectivity index (χ0) is 13.9. The van der Waals surface area contributed by atoms with Crippen molar-refractivity contribution in [1.82, 2.24) is 4.90 Å². The molecule has 1 fully saturated rings. The van der Waals surface area contributed by atoms with E-state index in [1.54, 1.807) is 23.1 Å². The van der Waals surface area contributed by atoms with E-state index in [1.165, 1.54) is 6.07 Å². The van der Waals surface area contributed by atoms with Gasteiger partial charge < -0.3 is 10.5 Å². The normalized spacial score (nSPS) is 22.7. The van der Waals surface area contributed by atoms with Crippen LogP contribution >= 0.6 is 0 Å². The van der Waals surface area contributed by atoms with Gasteiger partial charge in [0.1, 0.15) is 12.4 Å². The molecule has 2 rings (SSSR count). The summed E-state index contributed by atoms with van der Waals surface area (Å²) in [7, 11) is 0. The number of hydrogen-bond donors (Lipinski definition) is 1. The average Bonchev–Trinajstić information content (AvgIpc) is 2.68. The quantitative estimate of drug-likeness (QED) is 0.889. The van der Waals surface area contributed by atoms with Gasteiger partial charge in [0.25, 0.3) is 0 Å². The van der Waals surface area contributed by atoms with E-state index in [1.807, 2.05) is 6.92 Å². The van der Waals surface area contributed by atoms with Gasteiger partial charge in [-0.25, -0.2) is 9.18 Å². The lowest BCUT2D eigenvalue weighted by Crippen LogP contribution is -2.44. The number of nitrogens with two attached hydrogens (primary N) is 1. The lowest BCUT2D eigenvalue weighted by Gasteiger charge is -2.32. The first-order valence-electron chi connectivity index (χ1n) is 6.45. The fraction of sp³-hybridized carbons (Fsp3) is 0.500. The Bertz CT molecular complexity index is 467. The van der Waals surface area contributed by atoms with Gasteiger partial charge in [0, 0.05) is 5.56 Å². The Kier molecular flexibility index (Phi) is 4.04. The smallest absolute Gasteiger partial charge is 0.410 e. The van der Waals surface area contributed by atoms with E-state index in [9.17, 15) is 9.18 Å². The molecule has 1 heterocycles. The molecule has 1 atom stereocenters. The molecular weight excluding hydrogens is 247 g/mol. The van der Waals surface area contributed by atoms with Gasteiger partial charge in [-0.2, -0.15) is 0 Å². The topological polar surface area (TPSA) is 55.6 Å². The second kappa shape index (κ2) is 5.57. The zero-order valence-corrected chi connectivity index (χ0v) is 11.1. The van der Waals surface area contributed by atoms with E-state index >= 15 is 0 Å². The minimum absolute atomic E-state index is 0.229. The highest BCUT2D eigenvalue weighted by atomic mass is 19.1. The monoisotopic (exact) mass is 266 g/mol.